The molecule has 0 unspecified atom stereocenters. The first kappa shape index (κ1) is 26.3. The second kappa shape index (κ2) is 20.1. The van der Waals surface area contributed by atoms with Crippen molar-refractivity contribution in [2.45, 2.75) is 76.9 Å². The molecule has 0 fully saturated rings. The van der Waals surface area contributed by atoms with E-state index in [9.17, 15) is 9.90 Å². The van der Waals surface area contributed by atoms with E-state index in [0.717, 1.165) is 19.3 Å². The van der Waals surface area contributed by atoms with Gasteiger partial charge in [-0.1, -0.05) is 68.4 Å². The Balaban J connectivity index is 3.70. The molecule has 0 saturated carbocycles. The zero-order valence-electron chi connectivity index (χ0n) is 17.2. The van der Waals surface area contributed by atoms with E-state index >= 15 is 0 Å². The van der Waals surface area contributed by atoms with Crippen LogP contribution in [-0.2, 0) is 9.53 Å². The van der Waals surface area contributed by atoms with Gasteiger partial charge in [-0.3, -0.25) is 4.79 Å². The van der Waals surface area contributed by atoms with Crippen molar-refractivity contribution in [3.8, 4) is 0 Å². The Morgan fingerprint density at radius 1 is 0.929 bits per heavy atom. The van der Waals surface area contributed by atoms with E-state index in [0.29, 0.717) is 12.8 Å². The maximum Gasteiger partial charge on any atom is 0.306 e. The molecule has 0 aliphatic rings. The fourth-order valence-corrected chi connectivity index (χ4v) is 2.32. The molecule has 28 heavy (non-hydrogen) atoms. The number of allylic oxidation sites excluding steroid dienone is 6. The Kier molecular flexibility index (Phi) is 18.8. The highest BCUT2D eigenvalue weighted by atomic mass is 16.6. The van der Waals surface area contributed by atoms with Gasteiger partial charge < -0.3 is 20.1 Å². The summed E-state index contributed by atoms with van der Waals surface area (Å²) >= 11 is 0. The third kappa shape index (κ3) is 17.7. The van der Waals surface area contributed by atoms with Crippen molar-refractivity contribution in [1.29, 1.82) is 0 Å². The Morgan fingerprint density at radius 3 is 2.36 bits per heavy atom. The number of rotatable bonds is 17. The zero-order valence-corrected chi connectivity index (χ0v) is 17.2. The van der Waals surface area contributed by atoms with Crippen LogP contribution in [0.3, 0.4) is 0 Å². The first-order valence-electron chi connectivity index (χ1n) is 10.4. The highest BCUT2D eigenvalue weighted by Gasteiger charge is 2.11. The van der Waals surface area contributed by atoms with Crippen LogP contribution in [0.25, 0.3) is 0 Å². The highest BCUT2D eigenvalue weighted by molar-refractivity contribution is 5.69. The molecular weight excluding hydrogens is 356 g/mol. The lowest BCUT2D eigenvalue weighted by Gasteiger charge is -2.11. The summed E-state index contributed by atoms with van der Waals surface area (Å²) in [5, 5.41) is 27.5. The maximum atomic E-state index is 11.4. The van der Waals surface area contributed by atoms with Gasteiger partial charge in [-0.25, -0.2) is 0 Å². The van der Waals surface area contributed by atoms with Crippen LogP contribution < -0.4 is 0 Å². The van der Waals surface area contributed by atoms with Crippen molar-refractivity contribution in [2.24, 2.45) is 0 Å². The van der Waals surface area contributed by atoms with E-state index in [1.165, 1.54) is 19.3 Å². The lowest BCUT2D eigenvalue weighted by atomic mass is 10.2. The largest absolute Gasteiger partial charge is 0.457 e. The molecule has 0 aromatic heterocycles. The number of unbranched alkanes of at least 4 members (excludes halogenated alkanes) is 4. The molecule has 0 heterocycles. The van der Waals surface area contributed by atoms with Gasteiger partial charge in [0.1, 0.15) is 6.10 Å². The Morgan fingerprint density at radius 2 is 1.64 bits per heavy atom. The molecule has 0 bridgehead atoms. The molecular formula is C23H38O5. The quantitative estimate of drug-likeness (QED) is 0.150. The predicted octanol–water partition coefficient (Wildman–Crippen LogP) is 4.00. The van der Waals surface area contributed by atoms with Gasteiger partial charge in [0.15, 0.2) is 0 Å². The maximum absolute atomic E-state index is 11.4. The summed E-state index contributed by atoms with van der Waals surface area (Å²) in [6.07, 6.45) is 22.4. The van der Waals surface area contributed by atoms with Crippen LogP contribution in [-0.4, -0.2) is 46.7 Å². The molecule has 0 saturated heterocycles. The first-order chi connectivity index (χ1) is 13.6. The third-order valence-electron chi connectivity index (χ3n) is 3.99. The van der Waals surface area contributed by atoms with Crippen molar-refractivity contribution in [3.05, 3.63) is 48.6 Å². The molecule has 0 aliphatic carbocycles. The molecule has 0 spiro atoms. The van der Waals surface area contributed by atoms with Gasteiger partial charge in [0.25, 0.3) is 0 Å². The van der Waals surface area contributed by atoms with Crippen LogP contribution in [0.15, 0.2) is 48.6 Å². The van der Waals surface area contributed by atoms with E-state index in [1.54, 1.807) is 6.08 Å². The number of hydrogen-bond donors (Lipinski definition) is 3. The van der Waals surface area contributed by atoms with E-state index in [4.69, 9.17) is 14.9 Å². The minimum Gasteiger partial charge on any atom is -0.457 e. The van der Waals surface area contributed by atoms with Gasteiger partial charge in [-0.2, -0.15) is 0 Å². The molecule has 1 atom stereocenters. The SMILES string of the molecule is CCCCC/C=C\C=C\[C@H](O)C/C=C\C/C=C\CCCC(=O)OC(CO)CO. The molecule has 5 heteroatoms. The van der Waals surface area contributed by atoms with E-state index in [-0.39, 0.29) is 19.6 Å². The number of aliphatic hydroxyl groups excluding tert-OH is 3. The van der Waals surface area contributed by atoms with Gasteiger partial charge in [-0.05, 0) is 38.5 Å². The second-order valence-corrected chi connectivity index (χ2v) is 6.66. The van der Waals surface area contributed by atoms with Crippen LogP contribution in [0.1, 0.15) is 64.7 Å². The van der Waals surface area contributed by atoms with Gasteiger partial charge in [0, 0.05) is 6.42 Å². The first-order valence-corrected chi connectivity index (χ1v) is 10.4. The number of ether oxygens (including phenoxy) is 1. The van der Waals surface area contributed by atoms with Gasteiger partial charge in [0.05, 0.1) is 19.3 Å². The molecule has 0 rings (SSSR count). The van der Waals surface area contributed by atoms with Gasteiger partial charge >= 0.3 is 5.97 Å². The summed E-state index contributed by atoms with van der Waals surface area (Å²) < 4.78 is 4.88. The highest BCUT2D eigenvalue weighted by Crippen LogP contribution is 2.03. The minimum atomic E-state index is -0.819. The summed E-state index contributed by atoms with van der Waals surface area (Å²) in [7, 11) is 0. The molecule has 160 valence electrons. The van der Waals surface area contributed by atoms with E-state index in [1.807, 2.05) is 36.5 Å². The molecule has 0 aliphatic heterocycles. The average Bonchev–Trinajstić information content (AvgIpc) is 2.70. The van der Waals surface area contributed by atoms with Crippen molar-refractivity contribution < 1.29 is 24.9 Å². The molecule has 0 radical (unpaired) electrons. The van der Waals surface area contributed by atoms with Crippen LogP contribution in [0.5, 0.6) is 0 Å². The standard InChI is InChI=1S/C23H38O5/c1-2-3-4-5-7-10-13-16-21(26)17-14-11-8-6-9-12-15-18-23(27)28-22(19-24)20-25/h6-7,9-11,13-14,16,21-22,24-26H,2-5,8,12,15,17-20H2,1H3/b9-6-,10-7-,14-11-,16-13+/t21-/m0/s1. The number of carbonyl (C=O) groups is 1. The lowest BCUT2D eigenvalue weighted by molar-refractivity contribution is -0.153. The van der Waals surface area contributed by atoms with Crippen molar-refractivity contribution in [2.75, 3.05) is 13.2 Å². The lowest BCUT2D eigenvalue weighted by Crippen LogP contribution is -2.25. The second-order valence-electron chi connectivity index (χ2n) is 6.66. The van der Waals surface area contributed by atoms with Crippen molar-refractivity contribution in [3.63, 3.8) is 0 Å². The fourth-order valence-electron chi connectivity index (χ4n) is 2.32. The minimum absolute atomic E-state index is 0.266. The smallest absolute Gasteiger partial charge is 0.306 e. The Bertz CT molecular complexity index is 475. The molecule has 0 aromatic rings. The van der Waals surface area contributed by atoms with Gasteiger partial charge in [-0.15, -0.1) is 0 Å². The van der Waals surface area contributed by atoms with Gasteiger partial charge in [0.2, 0.25) is 0 Å². The van der Waals surface area contributed by atoms with Crippen molar-refractivity contribution in [1.82, 2.24) is 0 Å². The number of aliphatic hydroxyl groups is 3. The summed E-state index contributed by atoms with van der Waals surface area (Å²) in [5.41, 5.74) is 0. The summed E-state index contributed by atoms with van der Waals surface area (Å²) in [4.78, 5) is 11.4. The zero-order chi connectivity index (χ0) is 20.9. The molecule has 5 nitrogen and oxygen atoms in total. The summed E-state index contributed by atoms with van der Waals surface area (Å²) in [6, 6.07) is 0. The molecule has 0 amide bonds. The van der Waals surface area contributed by atoms with Crippen molar-refractivity contribution >= 4 is 5.97 Å². The summed E-state index contributed by atoms with van der Waals surface area (Å²) in [6.45, 7) is 1.46. The number of carbonyl (C=O) groups excluding carboxylic acids is 1. The van der Waals surface area contributed by atoms with Crippen LogP contribution in [0.2, 0.25) is 0 Å². The monoisotopic (exact) mass is 394 g/mol. The van der Waals surface area contributed by atoms with Crippen LogP contribution >= 0.6 is 0 Å². The van der Waals surface area contributed by atoms with Crippen LogP contribution in [0.4, 0.5) is 0 Å². The van der Waals surface area contributed by atoms with E-state index < -0.39 is 18.2 Å². The third-order valence-corrected chi connectivity index (χ3v) is 3.99. The number of esters is 1. The molecule has 0 aromatic carbocycles. The van der Waals surface area contributed by atoms with E-state index in [2.05, 4.69) is 13.0 Å². The summed E-state index contributed by atoms with van der Waals surface area (Å²) in [5.74, 6) is -0.403. The fraction of sp³-hybridized carbons (Fsp3) is 0.609. The normalized spacial score (nSPS) is 13.6. The van der Waals surface area contributed by atoms with Crippen LogP contribution in [0, 0.1) is 0 Å². The number of hydrogen-bond acceptors (Lipinski definition) is 5. The Labute approximate surface area is 170 Å². The topological polar surface area (TPSA) is 87.0 Å². The predicted molar refractivity (Wildman–Crippen MR) is 114 cm³/mol. The molecule has 3 N–H and O–H groups in total. The average molecular weight is 395 g/mol. The Hall–Kier alpha value is -1.69.